The highest BCUT2D eigenvalue weighted by atomic mass is 35.5. The molecule has 37 heavy (non-hydrogen) atoms. The molecule has 14 heteroatoms. The lowest BCUT2D eigenvalue weighted by Gasteiger charge is -2.22. The van der Waals surface area contributed by atoms with E-state index in [4.69, 9.17) is 30.3 Å². The molecule has 0 aliphatic heterocycles. The van der Waals surface area contributed by atoms with Crippen molar-refractivity contribution >= 4 is 50.2 Å². The van der Waals surface area contributed by atoms with Gasteiger partial charge in [-0.2, -0.15) is 8.42 Å². The fourth-order valence-electron chi connectivity index (χ4n) is 3.44. The fraction of sp³-hybridized carbons (Fsp3) is 0.174. The number of aromatic nitrogens is 2. The summed E-state index contributed by atoms with van der Waals surface area (Å²) in [5, 5.41) is 6.64. The molecule has 2 amide bonds. The number of benzene rings is 2. The van der Waals surface area contributed by atoms with Gasteiger partial charge in [-0.1, -0.05) is 16.8 Å². The Labute approximate surface area is 216 Å². The van der Waals surface area contributed by atoms with Gasteiger partial charge >= 0.3 is 6.03 Å². The van der Waals surface area contributed by atoms with Crippen LogP contribution >= 0.6 is 11.6 Å². The monoisotopic (exact) mass is 548 g/mol. The SMILES string of the molecule is COc1cc2nccc(Oc3ccc(N(CS(=O)(=O)O)C(=O)Nc4cc(C)on4)c(Cl)c3)c2cc1OC. The molecule has 0 spiro atoms. The lowest BCUT2D eigenvalue weighted by atomic mass is 10.2. The van der Waals surface area contributed by atoms with Crippen molar-refractivity contribution in [3.63, 3.8) is 0 Å². The first-order valence-electron chi connectivity index (χ1n) is 10.5. The number of hydrogen-bond donors (Lipinski definition) is 2. The largest absolute Gasteiger partial charge is 0.493 e. The van der Waals surface area contributed by atoms with Gasteiger partial charge in [-0.15, -0.1) is 0 Å². The number of aryl methyl sites for hydroxylation is 1. The average molecular weight is 549 g/mol. The summed E-state index contributed by atoms with van der Waals surface area (Å²) in [6.45, 7) is 1.62. The maximum Gasteiger partial charge on any atom is 0.328 e. The molecule has 0 radical (unpaired) electrons. The minimum absolute atomic E-state index is 0.00431. The van der Waals surface area contributed by atoms with E-state index >= 15 is 0 Å². The number of amides is 2. The topological polar surface area (TPSA) is 153 Å². The molecule has 0 aliphatic rings. The van der Waals surface area contributed by atoms with Gasteiger partial charge in [-0.3, -0.25) is 19.8 Å². The third kappa shape index (κ3) is 6.02. The predicted molar refractivity (Wildman–Crippen MR) is 136 cm³/mol. The molecule has 0 unspecified atom stereocenters. The van der Waals surface area contributed by atoms with E-state index in [1.165, 1.54) is 38.5 Å². The Kier molecular flexibility index (Phi) is 7.38. The van der Waals surface area contributed by atoms with Gasteiger partial charge in [0.25, 0.3) is 10.1 Å². The van der Waals surface area contributed by atoms with E-state index in [0.717, 1.165) is 4.90 Å². The molecule has 2 N–H and O–H groups in total. The summed E-state index contributed by atoms with van der Waals surface area (Å²) >= 11 is 6.41. The first kappa shape index (κ1) is 26.0. The molecule has 2 aromatic heterocycles. The molecule has 0 bridgehead atoms. The number of nitrogens with zero attached hydrogens (tertiary/aromatic N) is 3. The van der Waals surface area contributed by atoms with Crippen LogP contribution in [-0.2, 0) is 10.1 Å². The molecule has 4 aromatic rings. The maximum absolute atomic E-state index is 12.8. The van der Waals surface area contributed by atoms with Crippen LogP contribution in [-0.4, -0.2) is 49.2 Å². The molecule has 2 aromatic carbocycles. The molecule has 0 atom stereocenters. The highest BCUT2D eigenvalue weighted by Crippen LogP contribution is 2.38. The number of carbonyl (C=O) groups is 1. The summed E-state index contributed by atoms with van der Waals surface area (Å²) in [4.78, 5) is 17.9. The first-order valence-corrected chi connectivity index (χ1v) is 12.5. The number of rotatable bonds is 8. The number of urea groups is 1. The van der Waals surface area contributed by atoms with Crippen molar-refractivity contribution in [1.82, 2.24) is 10.1 Å². The molecule has 0 fully saturated rings. The van der Waals surface area contributed by atoms with E-state index in [1.807, 2.05) is 0 Å². The standard InChI is InChI=1S/C23H21ClN4O8S/c1-13-8-22(27-36-13)26-23(29)28(12-37(30,31)32)18-5-4-14(9-16(18)24)35-19-6-7-25-17-11-21(34-3)20(33-2)10-15(17)19/h4-11H,12H2,1-3H3,(H,26,27,29)(H,30,31,32). The van der Waals surface area contributed by atoms with Crippen molar-refractivity contribution in [2.24, 2.45) is 0 Å². The molecule has 0 saturated heterocycles. The maximum atomic E-state index is 12.8. The number of fused-ring (bicyclic) bond motifs is 1. The van der Waals surface area contributed by atoms with Gasteiger partial charge in [0.15, 0.2) is 23.2 Å². The van der Waals surface area contributed by atoms with Gasteiger partial charge in [0.2, 0.25) is 0 Å². The van der Waals surface area contributed by atoms with Gasteiger partial charge in [0.1, 0.15) is 17.3 Å². The van der Waals surface area contributed by atoms with E-state index in [1.54, 1.807) is 31.3 Å². The van der Waals surface area contributed by atoms with E-state index in [2.05, 4.69) is 15.5 Å². The van der Waals surface area contributed by atoms with Crippen LogP contribution in [0.3, 0.4) is 0 Å². The first-order chi connectivity index (χ1) is 17.6. The van der Waals surface area contributed by atoms with E-state index in [-0.39, 0.29) is 22.3 Å². The van der Waals surface area contributed by atoms with Crippen LogP contribution in [0.2, 0.25) is 5.02 Å². The Morgan fingerprint density at radius 1 is 1.11 bits per heavy atom. The van der Waals surface area contributed by atoms with Gasteiger partial charge in [0.05, 0.1) is 30.4 Å². The lowest BCUT2D eigenvalue weighted by Crippen LogP contribution is -2.39. The number of carbonyl (C=O) groups excluding carboxylic acids is 1. The third-order valence-electron chi connectivity index (χ3n) is 5.04. The minimum atomic E-state index is -4.61. The molecule has 0 aliphatic carbocycles. The van der Waals surface area contributed by atoms with Crippen LogP contribution < -0.4 is 24.4 Å². The zero-order valence-corrected chi connectivity index (χ0v) is 21.3. The van der Waals surface area contributed by atoms with Crippen LogP contribution in [0, 0.1) is 6.92 Å². The van der Waals surface area contributed by atoms with Crippen LogP contribution in [0.5, 0.6) is 23.0 Å². The zero-order valence-electron chi connectivity index (χ0n) is 19.8. The van der Waals surface area contributed by atoms with Crippen LogP contribution in [0.15, 0.2) is 53.2 Å². The quantitative estimate of drug-likeness (QED) is 0.291. The predicted octanol–water partition coefficient (Wildman–Crippen LogP) is 4.88. The van der Waals surface area contributed by atoms with Crippen molar-refractivity contribution < 1.29 is 36.5 Å². The Hall–Kier alpha value is -4.07. The molecule has 12 nitrogen and oxygen atoms in total. The van der Waals surface area contributed by atoms with Gasteiger partial charge < -0.3 is 18.7 Å². The van der Waals surface area contributed by atoms with Gasteiger partial charge in [-0.25, -0.2) is 4.79 Å². The Morgan fingerprint density at radius 2 is 1.84 bits per heavy atom. The summed E-state index contributed by atoms with van der Waals surface area (Å²) in [6.07, 6.45) is 1.56. The summed E-state index contributed by atoms with van der Waals surface area (Å²) in [7, 11) is -1.58. The molecule has 4 rings (SSSR count). The van der Waals surface area contributed by atoms with Crippen molar-refractivity contribution in [3.05, 3.63) is 59.4 Å². The number of hydrogen-bond acceptors (Lipinski definition) is 9. The number of ether oxygens (including phenoxy) is 3. The second kappa shape index (κ2) is 10.5. The number of pyridine rings is 1. The molecule has 2 heterocycles. The Balaban J connectivity index is 1.65. The Morgan fingerprint density at radius 3 is 2.46 bits per heavy atom. The molecular weight excluding hydrogens is 528 g/mol. The Bertz CT molecular complexity index is 1570. The molecular formula is C23H21ClN4O8S. The average Bonchev–Trinajstić information content (AvgIpc) is 3.26. The number of anilines is 2. The van der Waals surface area contributed by atoms with Crippen molar-refractivity contribution in [2.45, 2.75) is 6.92 Å². The third-order valence-corrected chi connectivity index (χ3v) is 5.93. The van der Waals surface area contributed by atoms with E-state index in [9.17, 15) is 17.8 Å². The second-order valence-electron chi connectivity index (χ2n) is 7.64. The number of nitrogens with one attached hydrogen (secondary N) is 1. The van der Waals surface area contributed by atoms with Crippen molar-refractivity contribution in [2.75, 3.05) is 30.3 Å². The highest BCUT2D eigenvalue weighted by molar-refractivity contribution is 7.85. The molecule has 0 saturated carbocycles. The zero-order chi connectivity index (χ0) is 26.7. The van der Waals surface area contributed by atoms with Gasteiger partial charge in [0, 0.05) is 29.8 Å². The minimum Gasteiger partial charge on any atom is -0.493 e. The lowest BCUT2D eigenvalue weighted by molar-refractivity contribution is 0.257. The van der Waals surface area contributed by atoms with Crippen molar-refractivity contribution in [1.29, 1.82) is 0 Å². The van der Waals surface area contributed by atoms with Crippen LogP contribution in [0.1, 0.15) is 5.76 Å². The normalized spacial score (nSPS) is 11.3. The highest BCUT2D eigenvalue weighted by Gasteiger charge is 2.25. The summed E-state index contributed by atoms with van der Waals surface area (Å²) in [5.41, 5.74) is 0.590. The second-order valence-corrected chi connectivity index (χ2v) is 9.47. The van der Waals surface area contributed by atoms with E-state index in [0.29, 0.717) is 33.9 Å². The summed E-state index contributed by atoms with van der Waals surface area (Å²) < 4.78 is 54.2. The van der Waals surface area contributed by atoms with Crippen LogP contribution in [0.4, 0.5) is 16.3 Å². The van der Waals surface area contributed by atoms with Gasteiger partial charge in [-0.05, 0) is 31.2 Å². The van der Waals surface area contributed by atoms with Crippen LogP contribution in [0.25, 0.3) is 10.9 Å². The number of methoxy groups -OCH3 is 2. The number of halogens is 1. The summed E-state index contributed by atoms with van der Waals surface area (Å²) in [6, 6.07) is 9.86. The van der Waals surface area contributed by atoms with Crippen molar-refractivity contribution in [3.8, 4) is 23.0 Å². The van der Waals surface area contributed by atoms with E-state index < -0.39 is 22.0 Å². The fourth-order valence-corrected chi connectivity index (χ4v) is 4.29. The summed E-state index contributed by atoms with van der Waals surface area (Å²) in [5.74, 6) is 1.12. The smallest absolute Gasteiger partial charge is 0.328 e. The molecule has 194 valence electrons.